The monoisotopic (exact) mass is 279 g/mol. The summed E-state index contributed by atoms with van der Waals surface area (Å²) in [5.74, 6) is 1.50. The molecule has 0 saturated carbocycles. The van der Waals surface area contributed by atoms with Gasteiger partial charge in [-0.1, -0.05) is 33.1 Å². The van der Waals surface area contributed by atoms with E-state index in [2.05, 4.69) is 23.8 Å². The van der Waals surface area contributed by atoms with Gasteiger partial charge in [-0.25, -0.2) is 4.98 Å². The van der Waals surface area contributed by atoms with E-state index in [0.717, 1.165) is 16.6 Å². The number of hydrogen-bond acceptors (Lipinski definition) is 5. The molecule has 0 aliphatic heterocycles. The Morgan fingerprint density at radius 3 is 2.95 bits per heavy atom. The molecular formula is C14H21N3OS. The second kappa shape index (κ2) is 6.70. The zero-order valence-corrected chi connectivity index (χ0v) is 12.4. The average Bonchev–Trinajstić information content (AvgIpc) is 2.86. The quantitative estimate of drug-likeness (QED) is 0.835. The molecule has 2 aromatic rings. The lowest BCUT2D eigenvalue weighted by atomic mass is 10.0. The van der Waals surface area contributed by atoms with Crippen molar-refractivity contribution in [3.8, 4) is 5.88 Å². The maximum absolute atomic E-state index is 5.88. The van der Waals surface area contributed by atoms with Gasteiger partial charge in [-0.2, -0.15) is 4.98 Å². The number of nitrogen functional groups attached to an aromatic ring is 1. The second-order valence-electron chi connectivity index (χ2n) is 4.75. The van der Waals surface area contributed by atoms with Gasteiger partial charge in [0.15, 0.2) is 0 Å². The molecule has 0 bridgehead atoms. The smallest absolute Gasteiger partial charge is 0.227 e. The van der Waals surface area contributed by atoms with E-state index in [9.17, 15) is 0 Å². The SMILES string of the molecule is CCCCC(CC)COc1nc(N)nc2sccc12. The Hall–Kier alpha value is -1.36. The number of thiophene rings is 1. The van der Waals surface area contributed by atoms with Gasteiger partial charge in [0, 0.05) is 0 Å². The Bertz CT molecular complexity index is 526. The summed E-state index contributed by atoms with van der Waals surface area (Å²) in [6, 6.07) is 1.99. The molecule has 0 aromatic carbocycles. The Morgan fingerprint density at radius 1 is 1.37 bits per heavy atom. The summed E-state index contributed by atoms with van der Waals surface area (Å²) in [6.45, 7) is 5.13. The number of nitrogens with two attached hydrogens (primary N) is 1. The topological polar surface area (TPSA) is 61.0 Å². The highest BCUT2D eigenvalue weighted by atomic mass is 32.1. The molecular weight excluding hydrogens is 258 g/mol. The van der Waals surface area contributed by atoms with Crippen LogP contribution in [0.1, 0.15) is 39.5 Å². The van der Waals surface area contributed by atoms with Gasteiger partial charge in [-0.3, -0.25) is 0 Å². The fourth-order valence-electron chi connectivity index (χ4n) is 2.05. The molecule has 1 unspecified atom stereocenters. The Morgan fingerprint density at radius 2 is 2.21 bits per heavy atom. The van der Waals surface area contributed by atoms with Crippen LogP contribution in [-0.4, -0.2) is 16.6 Å². The van der Waals surface area contributed by atoms with Crippen molar-refractivity contribution in [3.05, 3.63) is 11.4 Å². The van der Waals surface area contributed by atoms with Crippen LogP contribution in [0, 0.1) is 5.92 Å². The van der Waals surface area contributed by atoms with E-state index in [1.807, 2.05) is 11.4 Å². The van der Waals surface area contributed by atoms with E-state index in [0.29, 0.717) is 18.4 Å². The number of anilines is 1. The third kappa shape index (κ3) is 3.56. The van der Waals surface area contributed by atoms with Crippen molar-refractivity contribution in [2.24, 2.45) is 5.92 Å². The summed E-state index contributed by atoms with van der Waals surface area (Å²) in [7, 11) is 0. The van der Waals surface area contributed by atoms with Crippen LogP contribution in [0.5, 0.6) is 5.88 Å². The van der Waals surface area contributed by atoms with Gasteiger partial charge < -0.3 is 10.5 Å². The highest BCUT2D eigenvalue weighted by Crippen LogP contribution is 2.28. The second-order valence-corrected chi connectivity index (χ2v) is 5.65. The molecule has 0 saturated heterocycles. The summed E-state index contributed by atoms with van der Waals surface area (Å²) in [5.41, 5.74) is 5.71. The molecule has 2 N–H and O–H groups in total. The fraction of sp³-hybridized carbons (Fsp3) is 0.571. The van der Waals surface area contributed by atoms with Gasteiger partial charge in [0.25, 0.3) is 0 Å². The molecule has 0 aliphatic rings. The van der Waals surface area contributed by atoms with Crippen LogP contribution in [0.15, 0.2) is 11.4 Å². The maximum Gasteiger partial charge on any atom is 0.227 e. The number of ether oxygens (including phenoxy) is 1. The van der Waals surface area contributed by atoms with E-state index in [4.69, 9.17) is 10.5 Å². The van der Waals surface area contributed by atoms with E-state index < -0.39 is 0 Å². The number of unbranched alkanes of at least 4 members (excludes halogenated alkanes) is 1. The van der Waals surface area contributed by atoms with Crippen LogP contribution in [0.4, 0.5) is 5.95 Å². The van der Waals surface area contributed by atoms with Crippen molar-refractivity contribution in [1.82, 2.24) is 9.97 Å². The minimum atomic E-state index is 0.284. The molecule has 0 radical (unpaired) electrons. The van der Waals surface area contributed by atoms with Crippen molar-refractivity contribution in [2.45, 2.75) is 39.5 Å². The van der Waals surface area contributed by atoms with Crippen molar-refractivity contribution >= 4 is 27.5 Å². The summed E-state index contributed by atoms with van der Waals surface area (Å²) < 4.78 is 5.88. The number of nitrogens with zero attached hydrogens (tertiary/aromatic N) is 2. The Balaban J connectivity index is 2.06. The lowest BCUT2D eigenvalue weighted by Gasteiger charge is -2.15. The van der Waals surface area contributed by atoms with Crippen molar-refractivity contribution in [1.29, 1.82) is 0 Å². The fourth-order valence-corrected chi connectivity index (χ4v) is 2.81. The molecule has 0 spiro atoms. The average molecular weight is 279 g/mol. The lowest BCUT2D eigenvalue weighted by Crippen LogP contribution is -2.12. The number of hydrogen-bond donors (Lipinski definition) is 1. The third-order valence-corrected chi connectivity index (χ3v) is 4.11. The van der Waals surface area contributed by atoms with Gasteiger partial charge in [0.05, 0.1) is 12.0 Å². The number of rotatable bonds is 7. The summed E-state index contributed by atoms with van der Waals surface area (Å²) in [5, 5.41) is 2.95. The predicted octanol–water partition coefficient (Wildman–Crippen LogP) is 3.87. The zero-order valence-electron chi connectivity index (χ0n) is 11.6. The standard InChI is InChI=1S/C14H21N3OS/c1-3-5-6-10(4-2)9-18-12-11-7-8-19-13(11)17-14(15)16-12/h7-8,10H,3-6,9H2,1-2H3,(H2,15,16,17). The maximum atomic E-state index is 5.88. The predicted molar refractivity (Wildman–Crippen MR) is 80.6 cm³/mol. The molecule has 4 nitrogen and oxygen atoms in total. The van der Waals surface area contributed by atoms with Gasteiger partial charge >= 0.3 is 0 Å². The van der Waals surface area contributed by atoms with Crippen molar-refractivity contribution in [3.63, 3.8) is 0 Å². The van der Waals surface area contributed by atoms with Crippen LogP contribution in [-0.2, 0) is 0 Å². The van der Waals surface area contributed by atoms with Crippen LogP contribution < -0.4 is 10.5 Å². The molecule has 19 heavy (non-hydrogen) atoms. The number of fused-ring (bicyclic) bond motifs is 1. The van der Waals surface area contributed by atoms with E-state index in [-0.39, 0.29) is 5.95 Å². The van der Waals surface area contributed by atoms with Crippen LogP contribution >= 0.6 is 11.3 Å². The molecule has 0 aliphatic carbocycles. The minimum Gasteiger partial charge on any atom is -0.477 e. The highest BCUT2D eigenvalue weighted by Gasteiger charge is 2.12. The van der Waals surface area contributed by atoms with E-state index in [1.165, 1.54) is 19.3 Å². The first kappa shape index (κ1) is 14.1. The van der Waals surface area contributed by atoms with Crippen LogP contribution in [0.25, 0.3) is 10.2 Å². The van der Waals surface area contributed by atoms with Gasteiger partial charge in [0.2, 0.25) is 11.8 Å². The van der Waals surface area contributed by atoms with E-state index in [1.54, 1.807) is 11.3 Å². The first-order valence-electron chi connectivity index (χ1n) is 6.88. The number of aromatic nitrogens is 2. The van der Waals surface area contributed by atoms with Crippen LogP contribution in [0.3, 0.4) is 0 Å². The highest BCUT2D eigenvalue weighted by molar-refractivity contribution is 7.16. The van der Waals surface area contributed by atoms with Gasteiger partial charge in [-0.15, -0.1) is 11.3 Å². The Labute approximate surface area is 118 Å². The summed E-state index contributed by atoms with van der Waals surface area (Å²) >= 11 is 1.56. The molecule has 0 amide bonds. The Kier molecular flexibility index (Phi) is 4.96. The van der Waals surface area contributed by atoms with Gasteiger partial charge in [0.1, 0.15) is 4.83 Å². The lowest BCUT2D eigenvalue weighted by molar-refractivity contribution is 0.228. The molecule has 0 fully saturated rings. The van der Waals surface area contributed by atoms with Crippen molar-refractivity contribution in [2.75, 3.05) is 12.3 Å². The summed E-state index contributed by atoms with van der Waals surface area (Å²) in [4.78, 5) is 9.30. The first-order valence-corrected chi connectivity index (χ1v) is 7.76. The molecule has 2 aromatic heterocycles. The summed E-state index contributed by atoms with van der Waals surface area (Å²) in [6.07, 6.45) is 4.82. The van der Waals surface area contributed by atoms with Crippen LogP contribution in [0.2, 0.25) is 0 Å². The van der Waals surface area contributed by atoms with Crippen molar-refractivity contribution < 1.29 is 4.74 Å². The third-order valence-electron chi connectivity index (χ3n) is 3.31. The van der Waals surface area contributed by atoms with E-state index >= 15 is 0 Å². The first-order chi connectivity index (χ1) is 9.24. The molecule has 1 atom stereocenters. The largest absolute Gasteiger partial charge is 0.477 e. The van der Waals surface area contributed by atoms with Gasteiger partial charge in [-0.05, 0) is 23.8 Å². The minimum absolute atomic E-state index is 0.284. The zero-order chi connectivity index (χ0) is 13.7. The molecule has 2 rings (SSSR count). The molecule has 5 heteroatoms. The molecule has 2 heterocycles. The normalized spacial score (nSPS) is 12.7. The molecule has 104 valence electrons.